The first-order chi connectivity index (χ1) is 8.49. The molecular formula is C10H8ClN3O3S. The number of aromatic nitrogens is 3. The Hall–Kier alpha value is -1.73. The minimum Gasteiger partial charge on any atom is -0.478 e. The van der Waals surface area contributed by atoms with Crippen molar-refractivity contribution in [2.24, 2.45) is 7.05 Å². The van der Waals surface area contributed by atoms with Crippen LogP contribution in [0.1, 0.15) is 10.4 Å². The molecule has 1 heterocycles. The summed E-state index contributed by atoms with van der Waals surface area (Å²) in [6, 6.07) is 4.55. The molecule has 2 aromatic rings. The van der Waals surface area contributed by atoms with Gasteiger partial charge in [-0.25, -0.2) is 14.7 Å². The van der Waals surface area contributed by atoms with Crippen molar-refractivity contribution >= 4 is 29.3 Å². The third-order valence-electron chi connectivity index (χ3n) is 2.22. The average molecular weight is 286 g/mol. The van der Waals surface area contributed by atoms with Crippen molar-refractivity contribution in [1.82, 2.24) is 14.8 Å². The Bertz CT molecular complexity index is 665. The van der Waals surface area contributed by atoms with Gasteiger partial charge < -0.3 is 5.11 Å². The molecule has 0 radical (unpaired) electrons. The number of H-pyrrole nitrogens is 1. The Kier molecular flexibility index (Phi) is 3.44. The van der Waals surface area contributed by atoms with Gasteiger partial charge in [0, 0.05) is 11.9 Å². The predicted octanol–water partition coefficient (Wildman–Crippen LogP) is 1.61. The highest BCUT2D eigenvalue weighted by Crippen LogP contribution is 2.28. The number of aromatic amines is 1. The second-order valence-corrected chi connectivity index (χ2v) is 4.87. The van der Waals surface area contributed by atoms with Crippen molar-refractivity contribution in [2.45, 2.75) is 10.1 Å². The topological polar surface area (TPSA) is 88.0 Å². The summed E-state index contributed by atoms with van der Waals surface area (Å²) in [5.74, 6) is -1.08. The van der Waals surface area contributed by atoms with Crippen LogP contribution in [0, 0.1) is 0 Å². The zero-order valence-electron chi connectivity index (χ0n) is 9.18. The molecular weight excluding hydrogens is 278 g/mol. The summed E-state index contributed by atoms with van der Waals surface area (Å²) in [5, 5.41) is 15.6. The molecule has 0 atom stereocenters. The van der Waals surface area contributed by atoms with Gasteiger partial charge in [0.25, 0.3) is 0 Å². The van der Waals surface area contributed by atoms with Crippen LogP contribution < -0.4 is 5.69 Å². The lowest BCUT2D eigenvalue weighted by Crippen LogP contribution is -2.12. The zero-order chi connectivity index (χ0) is 13.3. The third-order valence-corrected chi connectivity index (χ3v) is 3.57. The fourth-order valence-corrected chi connectivity index (χ4v) is 2.42. The van der Waals surface area contributed by atoms with Crippen LogP contribution in [0.25, 0.3) is 0 Å². The molecule has 0 aliphatic heterocycles. The molecule has 0 spiro atoms. The molecule has 2 N–H and O–H groups in total. The molecule has 8 heteroatoms. The SMILES string of the molecule is Cn1c(Sc2ccc(C(=O)O)c(Cl)c2)n[nH]c1=O. The van der Waals surface area contributed by atoms with E-state index in [1.807, 2.05) is 0 Å². The van der Waals surface area contributed by atoms with E-state index in [2.05, 4.69) is 10.2 Å². The number of benzene rings is 1. The summed E-state index contributed by atoms with van der Waals surface area (Å²) in [7, 11) is 1.58. The monoisotopic (exact) mass is 285 g/mol. The molecule has 0 saturated heterocycles. The Morgan fingerprint density at radius 1 is 1.56 bits per heavy atom. The van der Waals surface area contributed by atoms with Gasteiger partial charge in [-0.1, -0.05) is 11.6 Å². The first kappa shape index (κ1) is 12.7. The summed E-state index contributed by atoms with van der Waals surface area (Å²) < 4.78 is 1.35. The van der Waals surface area contributed by atoms with Gasteiger partial charge in [0.1, 0.15) is 0 Å². The number of halogens is 1. The lowest BCUT2D eigenvalue weighted by Gasteiger charge is -2.03. The van der Waals surface area contributed by atoms with E-state index in [9.17, 15) is 9.59 Å². The number of carbonyl (C=O) groups is 1. The largest absolute Gasteiger partial charge is 0.478 e. The summed E-state index contributed by atoms with van der Waals surface area (Å²) in [6.07, 6.45) is 0. The van der Waals surface area contributed by atoms with Crippen molar-refractivity contribution in [1.29, 1.82) is 0 Å². The van der Waals surface area contributed by atoms with Crippen LogP contribution in [0.4, 0.5) is 0 Å². The lowest BCUT2D eigenvalue weighted by atomic mass is 10.2. The first-order valence-electron chi connectivity index (χ1n) is 4.81. The number of nitrogens with zero attached hydrogens (tertiary/aromatic N) is 2. The molecule has 0 aliphatic carbocycles. The summed E-state index contributed by atoms with van der Waals surface area (Å²) >= 11 is 7.06. The molecule has 18 heavy (non-hydrogen) atoms. The standard InChI is InChI=1S/C10H8ClN3O3S/c1-14-9(17)12-13-10(14)18-5-2-3-6(8(15)16)7(11)4-5/h2-4H,1H3,(H,12,17)(H,15,16). The van der Waals surface area contributed by atoms with Crippen LogP contribution in [0.5, 0.6) is 0 Å². The number of rotatable bonds is 3. The number of aromatic carboxylic acids is 1. The third kappa shape index (κ3) is 2.41. The maximum absolute atomic E-state index is 11.2. The molecule has 94 valence electrons. The molecule has 0 amide bonds. The van der Waals surface area contributed by atoms with Gasteiger partial charge in [0.05, 0.1) is 10.6 Å². The number of hydrogen-bond donors (Lipinski definition) is 2. The Balaban J connectivity index is 2.31. The normalized spacial score (nSPS) is 10.6. The van der Waals surface area contributed by atoms with Crippen molar-refractivity contribution in [3.8, 4) is 0 Å². The van der Waals surface area contributed by atoms with Crippen LogP contribution in [0.2, 0.25) is 5.02 Å². The predicted molar refractivity (Wildman–Crippen MR) is 66.4 cm³/mol. The zero-order valence-corrected chi connectivity index (χ0v) is 10.7. The van der Waals surface area contributed by atoms with E-state index in [1.54, 1.807) is 13.1 Å². The van der Waals surface area contributed by atoms with Gasteiger partial charge in [0.2, 0.25) is 0 Å². The number of carboxylic acids is 1. The van der Waals surface area contributed by atoms with Crippen molar-refractivity contribution < 1.29 is 9.90 Å². The highest BCUT2D eigenvalue weighted by Gasteiger charge is 2.11. The van der Waals surface area contributed by atoms with Crippen LogP contribution in [0.15, 0.2) is 33.0 Å². The van der Waals surface area contributed by atoms with Crippen LogP contribution in [-0.2, 0) is 7.05 Å². The lowest BCUT2D eigenvalue weighted by molar-refractivity contribution is 0.0697. The average Bonchev–Trinajstić information content (AvgIpc) is 2.61. The fourth-order valence-electron chi connectivity index (χ4n) is 1.26. The molecule has 2 rings (SSSR count). The van der Waals surface area contributed by atoms with Gasteiger partial charge in [-0.2, -0.15) is 0 Å². The molecule has 0 fully saturated rings. The first-order valence-corrected chi connectivity index (χ1v) is 6.00. The van der Waals surface area contributed by atoms with Crippen molar-refractivity contribution in [2.75, 3.05) is 0 Å². The van der Waals surface area contributed by atoms with Crippen molar-refractivity contribution in [3.05, 3.63) is 39.3 Å². The van der Waals surface area contributed by atoms with E-state index < -0.39 is 5.97 Å². The van der Waals surface area contributed by atoms with Gasteiger partial charge in [-0.05, 0) is 30.0 Å². The van der Waals surface area contributed by atoms with E-state index in [0.29, 0.717) is 10.1 Å². The molecule has 0 bridgehead atoms. The maximum Gasteiger partial charge on any atom is 0.343 e. The Morgan fingerprint density at radius 3 is 2.78 bits per heavy atom. The van der Waals surface area contributed by atoms with Gasteiger partial charge >= 0.3 is 11.7 Å². The second kappa shape index (κ2) is 4.87. The minimum absolute atomic E-state index is 0.0388. The Morgan fingerprint density at radius 2 is 2.28 bits per heavy atom. The molecule has 6 nitrogen and oxygen atoms in total. The molecule has 0 saturated carbocycles. The molecule has 0 unspecified atom stereocenters. The highest BCUT2D eigenvalue weighted by molar-refractivity contribution is 7.99. The Labute approximate surface area is 111 Å². The minimum atomic E-state index is -1.08. The quantitative estimate of drug-likeness (QED) is 0.894. The summed E-state index contributed by atoms with van der Waals surface area (Å²) in [5.41, 5.74) is -0.275. The second-order valence-electron chi connectivity index (χ2n) is 3.42. The van der Waals surface area contributed by atoms with E-state index >= 15 is 0 Å². The fraction of sp³-hybridized carbons (Fsp3) is 0.100. The molecule has 0 aliphatic rings. The summed E-state index contributed by atoms with van der Waals surface area (Å²) in [4.78, 5) is 22.7. The van der Waals surface area contributed by atoms with E-state index in [1.165, 1.54) is 28.5 Å². The summed E-state index contributed by atoms with van der Waals surface area (Å²) in [6.45, 7) is 0. The van der Waals surface area contributed by atoms with Gasteiger partial charge in [-0.3, -0.25) is 4.57 Å². The van der Waals surface area contributed by atoms with E-state index in [-0.39, 0.29) is 16.3 Å². The highest BCUT2D eigenvalue weighted by atomic mass is 35.5. The molecule has 1 aromatic carbocycles. The van der Waals surface area contributed by atoms with Gasteiger partial charge in [0.15, 0.2) is 5.16 Å². The van der Waals surface area contributed by atoms with Crippen LogP contribution >= 0.6 is 23.4 Å². The number of carboxylic acid groups (broad SMARTS) is 1. The van der Waals surface area contributed by atoms with Gasteiger partial charge in [-0.15, -0.1) is 5.10 Å². The maximum atomic E-state index is 11.2. The number of hydrogen-bond acceptors (Lipinski definition) is 4. The number of nitrogens with one attached hydrogen (secondary N) is 1. The smallest absolute Gasteiger partial charge is 0.343 e. The van der Waals surface area contributed by atoms with E-state index in [0.717, 1.165) is 0 Å². The molecule has 1 aromatic heterocycles. The van der Waals surface area contributed by atoms with E-state index in [4.69, 9.17) is 16.7 Å². The van der Waals surface area contributed by atoms with Crippen LogP contribution in [0.3, 0.4) is 0 Å². The van der Waals surface area contributed by atoms with Crippen molar-refractivity contribution in [3.63, 3.8) is 0 Å². The van der Waals surface area contributed by atoms with Crippen LogP contribution in [-0.4, -0.2) is 25.8 Å².